The molecule has 1 fully saturated rings. The molecule has 4 nitrogen and oxygen atoms in total. The zero-order chi connectivity index (χ0) is 14.7. The number of likely N-dealkylation sites (N-methyl/N-ethyl adjacent to an activating group) is 1. The van der Waals surface area contributed by atoms with Crippen LogP contribution in [0.5, 0.6) is 5.75 Å². The number of hydrogen-bond acceptors (Lipinski definition) is 4. The molecule has 2 aliphatic heterocycles. The Bertz CT molecular complexity index is 472. The number of nitrogens with zero attached hydrogens (tertiary/aromatic N) is 2. The van der Waals surface area contributed by atoms with E-state index in [0.717, 1.165) is 49.7 Å². The fourth-order valence-electron chi connectivity index (χ4n) is 3.31. The predicted octanol–water partition coefficient (Wildman–Crippen LogP) is 2.42. The lowest BCUT2D eigenvalue weighted by atomic mass is 10.0. The van der Waals surface area contributed by atoms with Gasteiger partial charge in [0.2, 0.25) is 0 Å². The minimum atomic E-state index is -0.392. The molecule has 1 aromatic carbocycles. The first kappa shape index (κ1) is 14.7. The lowest BCUT2D eigenvalue weighted by Gasteiger charge is -2.31. The molecule has 116 valence electrons. The Kier molecular flexibility index (Phi) is 4.66. The van der Waals surface area contributed by atoms with Crippen molar-refractivity contribution in [2.24, 2.45) is 0 Å². The zero-order valence-electron chi connectivity index (χ0n) is 12.9. The van der Waals surface area contributed by atoms with Gasteiger partial charge in [0.1, 0.15) is 12.4 Å². The molecule has 1 atom stereocenters. The minimum absolute atomic E-state index is 0.392. The number of ether oxygens (including phenoxy) is 1. The molecular formula is C17H26N2O2. The fourth-order valence-corrected chi connectivity index (χ4v) is 3.31. The molecule has 0 amide bonds. The highest BCUT2D eigenvalue weighted by Gasteiger charge is 2.19. The van der Waals surface area contributed by atoms with E-state index in [1.807, 2.05) is 12.1 Å². The van der Waals surface area contributed by atoms with E-state index in [1.54, 1.807) is 0 Å². The number of fused-ring (bicyclic) bond motifs is 1. The van der Waals surface area contributed by atoms with Crippen molar-refractivity contribution in [2.45, 2.75) is 32.3 Å². The second kappa shape index (κ2) is 6.67. The maximum atomic E-state index is 10.4. The van der Waals surface area contributed by atoms with E-state index >= 15 is 0 Å². The Balaban J connectivity index is 1.65. The summed E-state index contributed by atoms with van der Waals surface area (Å²) in [6.07, 6.45) is 3.01. The van der Waals surface area contributed by atoms with Gasteiger partial charge in [-0.1, -0.05) is 6.07 Å². The maximum Gasteiger partial charge on any atom is 0.143 e. The molecule has 2 aliphatic rings. The first-order valence-electron chi connectivity index (χ1n) is 8.20. The van der Waals surface area contributed by atoms with Crippen LogP contribution in [-0.4, -0.2) is 49.3 Å². The van der Waals surface area contributed by atoms with Crippen LogP contribution < -0.4 is 9.64 Å². The van der Waals surface area contributed by atoms with Crippen LogP contribution in [0.25, 0.3) is 0 Å². The average molecular weight is 290 g/mol. The SMILES string of the molecule is CCN1CCOc2cc(C(O)CCN3CCCC3)ccc21. The summed E-state index contributed by atoms with van der Waals surface area (Å²) in [5.41, 5.74) is 2.13. The largest absolute Gasteiger partial charge is 0.490 e. The van der Waals surface area contributed by atoms with Crippen LogP contribution in [0.4, 0.5) is 5.69 Å². The second-order valence-corrected chi connectivity index (χ2v) is 6.01. The normalized spacial score (nSPS) is 20.2. The summed E-state index contributed by atoms with van der Waals surface area (Å²) in [5.74, 6) is 0.917. The quantitative estimate of drug-likeness (QED) is 0.903. The third-order valence-electron chi connectivity index (χ3n) is 4.63. The van der Waals surface area contributed by atoms with Gasteiger partial charge < -0.3 is 19.6 Å². The summed E-state index contributed by atoms with van der Waals surface area (Å²) in [6.45, 7) is 8.19. The smallest absolute Gasteiger partial charge is 0.143 e. The molecule has 1 N–H and O–H groups in total. The number of hydrogen-bond donors (Lipinski definition) is 1. The van der Waals surface area contributed by atoms with Gasteiger partial charge in [0.05, 0.1) is 18.3 Å². The van der Waals surface area contributed by atoms with Crippen molar-refractivity contribution < 1.29 is 9.84 Å². The van der Waals surface area contributed by atoms with Crippen LogP contribution in [0.2, 0.25) is 0 Å². The average Bonchev–Trinajstić information content (AvgIpc) is 3.04. The molecule has 4 heteroatoms. The van der Waals surface area contributed by atoms with E-state index in [2.05, 4.69) is 22.8 Å². The number of rotatable bonds is 5. The van der Waals surface area contributed by atoms with Crippen LogP contribution in [0, 0.1) is 0 Å². The molecule has 1 saturated heterocycles. The summed E-state index contributed by atoms with van der Waals surface area (Å²) in [5, 5.41) is 10.4. The van der Waals surface area contributed by atoms with Crippen LogP contribution in [0.15, 0.2) is 18.2 Å². The van der Waals surface area contributed by atoms with E-state index in [9.17, 15) is 5.11 Å². The van der Waals surface area contributed by atoms with Gasteiger partial charge in [0.15, 0.2) is 0 Å². The van der Waals surface area contributed by atoms with E-state index in [1.165, 1.54) is 25.9 Å². The van der Waals surface area contributed by atoms with Gasteiger partial charge in [0, 0.05) is 13.1 Å². The van der Waals surface area contributed by atoms with Gasteiger partial charge in [-0.3, -0.25) is 0 Å². The summed E-state index contributed by atoms with van der Waals surface area (Å²) in [6, 6.07) is 6.16. The standard InChI is InChI=1S/C17H26N2O2/c1-2-19-11-12-21-17-13-14(5-6-15(17)19)16(20)7-10-18-8-3-4-9-18/h5-6,13,16,20H,2-4,7-12H2,1H3. The Morgan fingerprint density at radius 1 is 1.24 bits per heavy atom. The van der Waals surface area contributed by atoms with Gasteiger partial charge in [-0.05, 0) is 57.0 Å². The van der Waals surface area contributed by atoms with Crippen LogP contribution in [0.3, 0.4) is 0 Å². The molecule has 21 heavy (non-hydrogen) atoms. The summed E-state index contributed by atoms with van der Waals surface area (Å²) in [4.78, 5) is 4.76. The molecule has 3 rings (SSSR count). The van der Waals surface area contributed by atoms with Crippen molar-refractivity contribution in [2.75, 3.05) is 44.2 Å². The highest BCUT2D eigenvalue weighted by atomic mass is 16.5. The Morgan fingerprint density at radius 2 is 2.05 bits per heavy atom. The van der Waals surface area contributed by atoms with E-state index in [4.69, 9.17) is 4.74 Å². The maximum absolute atomic E-state index is 10.4. The van der Waals surface area contributed by atoms with Crippen molar-refractivity contribution in [1.82, 2.24) is 4.90 Å². The van der Waals surface area contributed by atoms with E-state index in [0.29, 0.717) is 0 Å². The molecule has 0 aliphatic carbocycles. The Morgan fingerprint density at radius 3 is 2.81 bits per heavy atom. The number of aliphatic hydroxyl groups is 1. The molecule has 0 spiro atoms. The monoisotopic (exact) mass is 290 g/mol. The summed E-state index contributed by atoms with van der Waals surface area (Å²) < 4.78 is 5.76. The van der Waals surface area contributed by atoms with Crippen LogP contribution in [0.1, 0.15) is 37.9 Å². The predicted molar refractivity (Wildman–Crippen MR) is 85.1 cm³/mol. The van der Waals surface area contributed by atoms with E-state index in [-0.39, 0.29) is 0 Å². The summed E-state index contributed by atoms with van der Waals surface area (Å²) >= 11 is 0. The van der Waals surface area contributed by atoms with Crippen molar-refractivity contribution >= 4 is 5.69 Å². The lowest BCUT2D eigenvalue weighted by Crippen LogP contribution is -2.32. The van der Waals surface area contributed by atoms with Crippen molar-refractivity contribution in [1.29, 1.82) is 0 Å². The molecule has 0 aromatic heterocycles. The van der Waals surface area contributed by atoms with Gasteiger partial charge in [-0.15, -0.1) is 0 Å². The first-order chi connectivity index (χ1) is 10.3. The molecule has 1 unspecified atom stereocenters. The number of anilines is 1. The minimum Gasteiger partial charge on any atom is -0.490 e. The summed E-state index contributed by atoms with van der Waals surface area (Å²) in [7, 11) is 0. The Hall–Kier alpha value is -1.26. The van der Waals surface area contributed by atoms with Crippen LogP contribution >= 0.6 is 0 Å². The molecule has 1 aromatic rings. The molecule has 0 bridgehead atoms. The fraction of sp³-hybridized carbons (Fsp3) is 0.647. The molecule has 0 radical (unpaired) electrons. The van der Waals surface area contributed by atoms with Crippen molar-refractivity contribution in [3.63, 3.8) is 0 Å². The third kappa shape index (κ3) is 3.33. The highest BCUT2D eigenvalue weighted by Crippen LogP contribution is 2.34. The molecule has 2 heterocycles. The Labute approximate surface area is 127 Å². The second-order valence-electron chi connectivity index (χ2n) is 6.01. The van der Waals surface area contributed by atoms with Crippen molar-refractivity contribution in [3.8, 4) is 5.75 Å². The van der Waals surface area contributed by atoms with E-state index < -0.39 is 6.10 Å². The van der Waals surface area contributed by atoms with Gasteiger partial charge in [0.25, 0.3) is 0 Å². The number of aliphatic hydroxyl groups excluding tert-OH is 1. The van der Waals surface area contributed by atoms with Crippen molar-refractivity contribution in [3.05, 3.63) is 23.8 Å². The lowest BCUT2D eigenvalue weighted by molar-refractivity contribution is 0.148. The van der Waals surface area contributed by atoms with Gasteiger partial charge >= 0.3 is 0 Å². The number of benzene rings is 1. The highest BCUT2D eigenvalue weighted by molar-refractivity contribution is 5.61. The third-order valence-corrected chi connectivity index (χ3v) is 4.63. The molecular weight excluding hydrogens is 264 g/mol. The molecule has 0 saturated carbocycles. The first-order valence-corrected chi connectivity index (χ1v) is 8.20. The van der Waals surface area contributed by atoms with Gasteiger partial charge in [-0.25, -0.2) is 0 Å². The van der Waals surface area contributed by atoms with Crippen LogP contribution in [-0.2, 0) is 0 Å². The number of likely N-dealkylation sites (tertiary alicyclic amines) is 1. The zero-order valence-corrected chi connectivity index (χ0v) is 12.9. The topological polar surface area (TPSA) is 35.9 Å². The van der Waals surface area contributed by atoms with Gasteiger partial charge in [-0.2, -0.15) is 0 Å².